The molecule has 0 N–H and O–H groups in total. The molecule has 1 aliphatic rings. The predicted molar refractivity (Wildman–Crippen MR) is 89.3 cm³/mol. The van der Waals surface area contributed by atoms with Gasteiger partial charge in [0, 0.05) is 32.2 Å². The van der Waals surface area contributed by atoms with Crippen LogP contribution in [0.25, 0.3) is 0 Å². The van der Waals surface area contributed by atoms with Crippen LogP contribution < -0.4 is 14.5 Å². The second-order valence-corrected chi connectivity index (χ2v) is 6.04. The molecule has 0 bridgehead atoms. The average molecular weight is 368 g/mol. The summed E-state index contributed by atoms with van der Waals surface area (Å²) in [7, 11) is 3.28. The van der Waals surface area contributed by atoms with Crippen LogP contribution in [0.15, 0.2) is 24.8 Å². The monoisotopic (exact) mass is 368 g/mol. The van der Waals surface area contributed by atoms with Crippen molar-refractivity contribution in [2.75, 3.05) is 37.0 Å². The van der Waals surface area contributed by atoms with E-state index in [1.54, 1.807) is 31.5 Å². The van der Waals surface area contributed by atoms with Crippen molar-refractivity contribution in [3.05, 3.63) is 30.5 Å². The SMILES string of the molecule is COc1cnc(N2CCCC(N(C)c3cc(C(F)(F)F)ncn3)C2)nc1. The van der Waals surface area contributed by atoms with Gasteiger partial charge in [0.15, 0.2) is 5.75 Å². The number of hydrogen-bond donors (Lipinski definition) is 0. The van der Waals surface area contributed by atoms with Crippen LogP contribution in [0.4, 0.5) is 24.9 Å². The minimum Gasteiger partial charge on any atom is -0.494 e. The van der Waals surface area contributed by atoms with Crippen LogP contribution in [-0.4, -0.2) is 53.2 Å². The van der Waals surface area contributed by atoms with E-state index in [0.29, 0.717) is 18.2 Å². The number of nitrogens with zero attached hydrogens (tertiary/aromatic N) is 6. The molecule has 0 aliphatic carbocycles. The Morgan fingerprint density at radius 1 is 1.19 bits per heavy atom. The predicted octanol–water partition coefficient (Wildman–Crippen LogP) is 2.40. The molecular weight excluding hydrogens is 349 g/mol. The number of hydrogen-bond acceptors (Lipinski definition) is 7. The molecule has 3 heterocycles. The molecule has 1 saturated heterocycles. The highest BCUT2D eigenvalue weighted by Crippen LogP contribution is 2.30. The summed E-state index contributed by atoms with van der Waals surface area (Å²) < 4.78 is 43.7. The summed E-state index contributed by atoms with van der Waals surface area (Å²) in [6, 6.07) is 0.966. The molecule has 2 aromatic heterocycles. The van der Waals surface area contributed by atoms with Crippen molar-refractivity contribution >= 4 is 11.8 Å². The van der Waals surface area contributed by atoms with Crippen molar-refractivity contribution in [2.24, 2.45) is 0 Å². The zero-order chi connectivity index (χ0) is 18.7. The number of methoxy groups -OCH3 is 1. The first-order chi connectivity index (χ1) is 12.4. The highest BCUT2D eigenvalue weighted by molar-refractivity contribution is 5.42. The Morgan fingerprint density at radius 3 is 2.58 bits per heavy atom. The minimum absolute atomic E-state index is 0.00886. The van der Waals surface area contributed by atoms with Crippen LogP contribution in [0.5, 0.6) is 5.75 Å². The van der Waals surface area contributed by atoms with E-state index in [1.165, 1.54) is 0 Å². The Bertz CT molecular complexity index is 740. The molecular formula is C16H19F3N6O. The fourth-order valence-corrected chi connectivity index (χ4v) is 2.91. The van der Waals surface area contributed by atoms with Gasteiger partial charge in [-0.3, -0.25) is 0 Å². The van der Waals surface area contributed by atoms with Crippen LogP contribution in [0.3, 0.4) is 0 Å². The number of rotatable bonds is 4. The van der Waals surface area contributed by atoms with Crippen LogP contribution in [0.2, 0.25) is 0 Å². The first kappa shape index (κ1) is 18.2. The summed E-state index contributed by atoms with van der Waals surface area (Å²) in [5, 5.41) is 0. The Kier molecular flexibility index (Phi) is 5.10. The van der Waals surface area contributed by atoms with Gasteiger partial charge >= 0.3 is 6.18 Å². The van der Waals surface area contributed by atoms with Crippen LogP contribution >= 0.6 is 0 Å². The number of ether oxygens (including phenoxy) is 1. The highest BCUT2D eigenvalue weighted by atomic mass is 19.4. The summed E-state index contributed by atoms with van der Waals surface area (Å²) in [4.78, 5) is 19.6. The van der Waals surface area contributed by atoms with E-state index in [2.05, 4.69) is 19.9 Å². The Morgan fingerprint density at radius 2 is 1.92 bits per heavy atom. The van der Waals surface area contributed by atoms with Gasteiger partial charge in [-0.05, 0) is 12.8 Å². The second-order valence-electron chi connectivity index (χ2n) is 6.04. The van der Waals surface area contributed by atoms with Crippen molar-refractivity contribution in [2.45, 2.75) is 25.1 Å². The molecule has 0 aromatic carbocycles. The molecule has 1 unspecified atom stereocenters. The largest absolute Gasteiger partial charge is 0.494 e. The second kappa shape index (κ2) is 7.30. The maximum atomic E-state index is 12.9. The Labute approximate surface area is 148 Å². The van der Waals surface area contributed by atoms with Crippen LogP contribution in [0.1, 0.15) is 18.5 Å². The topological polar surface area (TPSA) is 67.3 Å². The zero-order valence-corrected chi connectivity index (χ0v) is 14.4. The number of halogens is 3. The highest BCUT2D eigenvalue weighted by Gasteiger charge is 2.34. The first-order valence-corrected chi connectivity index (χ1v) is 8.11. The van der Waals surface area contributed by atoms with Crippen molar-refractivity contribution in [3.8, 4) is 5.75 Å². The van der Waals surface area contributed by atoms with Crippen LogP contribution in [-0.2, 0) is 6.18 Å². The lowest BCUT2D eigenvalue weighted by Crippen LogP contribution is -2.47. The summed E-state index contributed by atoms with van der Waals surface area (Å²) in [6.45, 7) is 1.38. The first-order valence-electron chi connectivity index (χ1n) is 8.11. The summed E-state index contributed by atoms with van der Waals surface area (Å²) in [5.41, 5.74) is -0.944. The quantitative estimate of drug-likeness (QED) is 0.821. The Hall–Kier alpha value is -2.65. The van der Waals surface area contributed by atoms with Crippen molar-refractivity contribution in [1.82, 2.24) is 19.9 Å². The van der Waals surface area contributed by atoms with Crippen molar-refractivity contribution < 1.29 is 17.9 Å². The fraction of sp³-hybridized carbons (Fsp3) is 0.500. The third-order valence-corrected chi connectivity index (χ3v) is 4.38. The van der Waals surface area contributed by atoms with Crippen molar-refractivity contribution in [1.29, 1.82) is 0 Å². The van der Waals surface area contributed by atoms with Gasteiger partial charge in [0.05, 0.1) is 19.5 Å². The zero-order valence-electron chi connectivity index (χ0n) is 14.4. The van der Waals surface area contributed by atoms with Gasteiger partial charge in [-0.25, -0.2) is 19.9 Å². The van der Waals surface area contributed by atoms with E-state index in [-0.39, 0.29) is 11.9 Å². The molecule has 3 rings (SSSR count). The van der Waals surface area contributed by atoms with Gasteiger partial charge < -0.3 is 14.5 Å². The number of piperidine rings is 1. The molecule has 1 atom stereocenters. The van der Waals surface area contributed by atoms with Gasteiger partial charge in [0.1, 0.15) is 17.8 Å². The molecule has 26 heavy (non-hydrogen) atoms. The molecule has 7 nitrogen and oxygen atoms in total. The Balaban J connectivity index is 1.74. The average Bonchev–Trinajstić information content (AvgIpc) is 2.67. The molecule has 10 heteroatoms. The lowest BCUT2D eigenvalue weighted by atomic mass is 10.0. The molecule has 0 amide bonds. The van der Waals surface area contributed by atoms with E-state index in [9.17, 15) is 13.2 Å². The molecule has 1 fully saturated rings. The molecule has 0 spiro atoms. The molecule has 140 valence electrons. The standard InChI is InChI=1S/C16H19F3N6O/c1-24(14-6-13(16(17,18)19)22-10-23-14)11-4-3-5-25(9-11)15-20-7-12(26-2)8-21-15/h6-8,10-11H,3-5,9H2,1-2H3. The molecule has 0 saturated carbocycles. The van der Waals surface area contributed by atoms with E-state index in [1.807, 2.05) is 4.90 Å². The minimum atomic E-state index is -4.49. The van der Waals surface area contributed by atoms with Gasteiger partial charge in [0.25, 0.3) is 0 Å². The number of alkyl halides is 3. The van der Waals surface area contributed by atoms with E-state index < -0.39 is 11.9 Å². The van der Waals surface area contributed by atoms with Crippen LogP contribution in [0, 0.1) is 0 Å². The third-order valence-electron chi connectivity index (χ3n) is 4.38. The number of likely N-dealkylation sites (N-methyl/N-ethyl adjacent to an activating group) is 1. The van der Waals surface area contributed by atoms with Gasteiger partial charge in [-0.15, -0.1) is 0 Å². The maximum Gasteiger partial charge on any atom is 0.433 e. The van der Waals surface area contributed by atoms with Crippen molar-refractivity contribution in [3.63, 3.8) is 0 Å². The van der Waals surface area contributed by atoms with Gasteiger partial charge in [0.2, 0.25) is 5.95 Å². The molecule has 0 radical (unpaired) electrons. The smallest absolute Gasteiger partial charge is 0.433 e. The third kappa shape index (κ3) is 3.94. The number of aromatic nitrogens is 4. The van der Waals surface area contributed by atoms with Gasteiger partial charge in [-0.2, -0.15) is 13.2 Å². The molecule has 1 aliphatic heterocycles. The van der Waals surface area contributed by atoms with E-state index >= 15 is 0 Å². The van der Waals surface area contributed by atoms with Gasteiger partial charge in [-0.1, -0.05) is 0 Å². The summed E-state index contributed by atoms with van der Waals surface area (Å²) in [5.74, 6) is 1.39. The number of anilines is 2. The maximum absolute atomic E-state index is 12.9. The lowest BCUT2D eigenvalue weighted by Gasteiger charge is -2.38. The summed E-state index contributed by atoms with van der Waals surface area (Å²) in [6.07, 6.45) is 1.36. The van der Waals surface area contributed by atoms with E-state index in [4.69, 9.17) is 4.74 Å². The normalized spacial score (nSPS) is 17.9. The lowest BCUT2D eigenvalue weighted by molar-refractivity contribution is -0.141. The molecule has 2 aromatic rings. The van der Waals surface area contributed by atoms with E-state index in [0.717, 1.165) is 31.8 Å². The fourth-order valence-electron chi connectivity index (χ4n) is 2.91. The summed E-state index contributed by atoms with van der Waals surface area (Å²) >= 11 is 0.